The lowest BCUT2D eigenvalue weighted by Crippen LogP contribution is -2.14. The summed E-state index contributed by atoms with van der Waals surface area (Å²) in [5.74, 6) is -0.175. The number of carbonyl (C=O) groups is 2. The molecule has 2 amide bonds. The van der Waals surface area contributed by atoms with Gasteiger partial charge in [0.2, 0.25) is 11.8 Å². The minimum atomic E-state index is -0.123. The minimum Gasteiger partial charge on any atom is -0.347 e. The Bertz CT molecular complexity index is 916. The van der Waals surface area contributed by atoms with Crippen LogP contribution in [0.3, 0.4) is 0 Å². The van der Waals surface area contributed by atoms with Crippen molar-refractivity contribution in [1.82, 2.24) is 4.57 Å². The van der Waals surface area contributed by atoms with E-state index in [1.54, 1.807) is 24.3 Å². The summed E-state index contributed by atoms with van der Waals surface area (Å²) in [5, 5.41) is 6.71. The summed E-state index contributed by atoms with van der Waals surface area (Å²) in [6, 6.07) is 15.2. The van der Waals surface area contributed by atoms with Crippen molar-refractivity contribution in [3.63, 3.8) is 0 Å². The average Bonchev–Trinajstić information content (AvgIpc) is 2.96. The number of halogens is 1. The molecule has 2 aromatic carbocycles. The van der Waals surface area contributed by atoms with Crippen LogP contribution in [0.1, 0.15) is 13.3 Å². The third kappa shape index (κ3) is 4.48. The van der Waals surface area contributed by atoms with Gasteiger partial charge < -0.3 is 15.2 Å². The number of nitrogens with zero attached hydrogens (tertiary/aromatic N) is 1. The van der Waals surface area contributed by atoms with Gasteiger partial charge in [-0.2, -0.15) is 0 Å². The summed E-state index contributed by atoms with van der Waals surface area (Å²) in [7, 11) is 0. The number of nitrogens with one attached hydrogen (secondary N) is 2. The summed E-state index contributed by atoms with van der Waals surface area (Å²) < 4.78 is 3.09. The fraction of sp³-hybridized carbons (Fsp3) is 0.158. The molecule has 1 heterocycles. The van der Waals surface area contributed by atoms with Crippen LogP contribution >= 0.6 is 15.9 Å². The monoisotopic (exact) mass is 399 g/mol. The van der Waals surface area contributed by atoms with Crippen molar-refractivity contribution in [2.24, 2.45) is 0 Å². The SMILES string of the molecule is CC(=O)Nc1ccc(NC(=O)CCn2ccc3ccc(Br)cc32)cc1. The highest BCUT2D eigenvalue weighted by Crippen LogP contribution is 2.21. The van der Waals surface area contributed by atoms with Gasteiger partial charge in [0.1, 0.15) is 0 Å². The van der Waals surface area contributed by atoms with Gasteiger partial charge in [0, 0.05) is 47.5 Å². The predicted molar refractivity (Wildman–Crippen MR) is 104 cm³/mol. The zero-order chi connectivity index (χ0) is 17.8. The molecule has 0 unspecified atom stereocenters. The summed E-state index contributed by atoms with van der Waals surface area (Å²) in [5.41, 5.74) is 2.51. The molecule has 1 aromatic heterocycles. The van der Waals surface area contributed by atoms with Crippen LogP contribution in [0.4, 0.5) is 11.4 Å². The second-order valence-electron chi connectivity index (χ2n) is 5.77. The molecule has 3 rings (SSSR count). The largest absolute Gasteiger partial charge is 0.347 e. The number of aromatic nitrogens is 1. The Hall–Kier alpha value is -2.60. The fourth-order valence-corrected chi connectivity index (χ4v) is 2.99. The highest BCUT2D eigenvalue weighted by atomic mass is 79.9. The summed E-state index contributed by atoms with van der Waals surface area (Å²) in [6.07, 6.45) is 2.37. The van der Waals surface area contributed by atoms with Crippen molar-refractivity contribution in [3.05, 3.63) is 59.2 Å². The molecule has 0 saturated heterocycles. The average molecular weight is 400 g/mol. The van der Waals surface area contributed by atoms with Crippen LogP contribution < -0.4 is 10.6 Å². The molecule has 6 heteroatoms. The lowest BCUT2D eigenvalue weighted by atomic mass is 10.2. The number of hydrogen-bond acceptors (Lipinski definition) is 2. The molecule has 0 fully saturated rings. The van der Waals surface area contributed by atoms with Gasteiger partial charge in [-0.05, 0) is 47.9 Å². The van der Waals surface area contributed by atoms with Crippen LogP contribution in [0.5, 0.6) is 0 Å². The number of benzene rings is 2. The number of rotatable bonds is 5. The van der Waals surface area contributed by atoms with E-state index in [2.05, 4.69) is 31.1 Å². The fourth-order valence-electron chi connectivity index (χ4n) is 2.64. The van der Waals surface area contributed by atoms with Gasteiger partial charge in [-0.15, -0.1) is 0 Å². The Morgan fingerprint density at radius 2 is 1.68 bits per heavy atom. The summed E-state index contributed by atoms with van der Waals surface area (Å²) >= 11 is 3.48. The zero-order valence-corrected chi connectivity index (χ0v) is 15.3. The van der Waals surface area contributed by atoms with Crippen molar-refractivity contribution >= 4 is 50.0 Å². The normalized spacial score (nSPS) is 10.6. The van der Waals surface area contributed by atoms with Crippen molar-refractivity contribution < 1.29 is 9.59 Å². The van der Waals surface area contributed by atoms with Crippen LogP contribution in [0.25, 0.3) is 10.9 Å². The lowest BCUT2D eigenvalue weighted by molar-refractivity contribution is -0.116. The van der Waals surface area contributed by atoms with E-state index in [-0.39, 0.29) is 11.8 Å². The topological polar surface area (TPSA) is 63.1 Å². The second kappa shape index (κ2) is 7.53. The van der Waals surface area contributed by atoms with E-state index in [4.69, 9.17) is 0 Å². The maximum absolute atomic E-state index is 12.2. The van der Waals surface area contributed by atoms with E-state index in [1.807, 2.05) is 30.5 Å². The first-order chi connectivity index (χ1) is 12.0. The van der Waals surface area contributed by atoms with Gasteiger partial charge in [0.05, 0.1) is 0 Å². The van der Waals surface area contributed by atoms with Crippen LogP contribution in [-0.4, -0.2) is 16.4 Å². The van der Waals surface area contributed by atoms with Crippen molar-refractivity contribution in [2.75, 3.05) is 10.6 Å². The molecule has 0 aliphatic heterocycles. The first-order valence-electron chi connectivity index (χ1n) is 7.93. The van der Waals surface area contributed by atoms with Crippen LogP contribution in [-0.2, 0) is 16.1 Å². The molecule has 2 N–H and O–H groups in total. The Labute approximate surface area is 154 Å². The molecule has 0 saturated carbocycles. The lowest BCUT2D eigenvalue weighted by Gasteiger charge is -2.08. The molecule has 0 aliphatic carbocycles. The smallest absolute Gasteiger partial charge is 0.226 e. The van der Waals surface area contributed by atoms with Gasteiger partial charge >= 0.3 is 0 Å². The Morgan fingerprint density at radius 1 is 1.00 bits per heavy atom. The number of anilines is 2. The Kier molecular flexibility index (Phi) is 5.19. The van der Waals surface area contributed by atoms with Gasteiger partial charge in [0.25, 0.3) is 0 Å². The predicted octanol–water partition coefficient (Wildman–Crippen LogP) is 4.39. The maximum atomic E-state index is 12.2. The van der Waals surface area contributed by atoms with Crippen LogP contribution in [0.2, 0.25) is 0 Å². The summed E-state index contributed by atoms with van der Waals surface area (Å²) in [4.78, 5) is 23.2. The number of carbonyl (C=O) groups excluding carboxylic acids is 2. The highest BCUT2D eigenvalue weighted by Gasteiger charge is 2.06. The molecule has 0 aliphatic rings. The molecular formula is C19H18BrN3O2. The van der Waals surface area contributed by atoms with Crippen molar-refractivity contribution in [2.45, 2.75) is 19.9 Å². The Balaban J connectivity index is 1.59. The van der Waals surface area contributed by atoms with Crippen molar-refractivity contribution in [3.8, 4) is 0 Å². The minimum absolute atomic E-state index is 0.0517. The van der Waals surface area contributed by atoms with E-state index in [9.17, 15) is 9.59 Å². The standard InChI is InChI=1S/C19H18BrN3O2/c1-13(24)21-16-4-6-17(7-5-16)22-19(25)9-11-23-10-8-14-2-3-15(20)12-18(14)23/h2-8,10,12H,9,11H2,1H3,(H,21,24)(H,22,25). The van der Waals surface area contributed by atoms with E-state index < -0.39 is 0 Å². The molecule has 0 bridgehead atoms. The second-order valence-corrected chi connectivity index (χ2v) is 6.68. The van der Waals surface area contributed by atoms with E-state index in [0.717, 1.165) is 15.4 Å². The van der Waals surface area contributed by atoms with Gasteiger partial charge in [-0.3, -0.25) is 9.59 Å². The number of aryl methyl sites for hydroxylation is 1. The first kappa shape index (κ1) is 17.2. The highest BCUT2D eigenvalue weighted by molar-refractivity contribution is 9.10. The Morgan fingerprint density at radius 3 is 2.36 bits per heavy atom. The van der Waals surface area contributed by atoms with Gasteiger partial charge in [-0.25, -0.2) is 0 Å². The summed E-state index contributed by atoms with van der Waals surface area (Å²) in [6.45, 7) is 2.06. The third-order valence-electron chi connectivity index (χ3n) is 3.80. The van der Waals surface area contributed by atoms with Gasteiger partial charge in [-0.1, -0.05) is 22.0 Å². The molecule has 0 radical (unpaired) electrons. The van der Waals surface area contributed by atoms with E-state index >= 15 is 0 Å². The molecule has 5 nitrogen and oxygen atoms in total. The first-order valence-corrected chi connectivity index (χ1v) is 8.72. The maximum Gasteiger partial charge on any atom is 0.226 e. The molecule has 128 valence electrons. The van der Waals surface area contributed by atoms with Gasteiger partial charge in [0.15, 0.2) is 0 Å². The molecule has 25 heavy (non-hydrogen) atoms. The number of amides is 2. The van der Waals surface area contributed by atoms with Crippen molar-refractivity contribution in [1.29, 1.82) is 0 Å². The molecule has 0 atom stereocenters. The zero-order valence-electron chi connectivity index (χ0n) is 13.8. The molecular weight excluding hydrogens is 382 g/mol. The van der Waals surface area contributed by atoms with E-state index in [1.165, 1.54) is 6.92 Å². The number of fused-ring (bicyclic) bond motifs is 1. The molecule has 0 spiro atoms. The van der Waals surface area contributed by atoms with E-state index in [0.29, 0.717) is 24.3 Å². The third-order valence-corrected chi connectivity index (χ3v) is 4.30. The van der Waals surface area contributed by atoms with Crippen LogP contribution in [0, 0.1) is 0 Å². The number of hydrogen-bond donors (Lipinski definition) is 2. The quantitative estimate of drug-likeness (QED) is 0.667. The molecule has 3 aromatic rings. The van der Waals surface area contributed by atoms with Crippen LogP contribution in [0.15, 0.2) is 59.2 Å².